The molecule has 0 aliphatic heterocycles. The Morgan fingerprint density at radius 2 is 2.11 bits per heavy atom. The van der Waals surface area contributed by atoms with Crippen molar-refractivity contribution >= 4 is 15.9 Å². The Kier molecular flexibility index (Phi) is 3.17. The number of rotatable bonds is 2. The van der Waals surface area contributed by atoms with Gasteiger partial charge in [0.2, 0.25) is 4.58 Å². The van der Waals surface area contributed by atoms with E-state index in [2.05, 4.69) is 0 Å². The third-order valence-electron chi connectivity index (χ3n) is 0.613. The molecule has 0 saturated heterocycles. The van der Waals surface area contributed by atoms with Gasteiger partial charge < -0.3 is 0 Å². The van der Waals surface area contributed by atoms with Gasteiger partial charge in [-0.15, -0.1) is 0 Å². The molecule has 0 aliphatic carbocycles. The molecule has 9 heavy (non-hydrogen) atoms. The number of hydrogen-bond donors (Lipinski definition) is 0. The summed E-state index contributed by atoms with van der Waals surface area (Å²) in [6.45, 7) is -1.64. The van der Waals surface area contributed by atoms with Crippen molar-refractivity contribution in [2.45, 2.75) is 4.58 Å². The molecule has 0 heterocycles. The van der Waals surface area contributed by atoms with Crippen LogP contribution in [0.4, 0.5) is 17.6 Å². The third kappa shape index (κ3) is 2.34. The molecule has 0 aromatic heterocycles. The first-order valence-corrected chi connectivity index (χ1v) is 2.74. The van der Waals surface area contributed by atoms with E-state index < -0.39 is 23.4 Å². The van der Waals surface area contributed by atoms with Gasteiger partial charge in [0.25, 0.3) is 0 Å². The molecule has 0 fully saturated rings. The largest absolute Gasteiger partial charge is 0.246 e. The zero-order valence-electron chi connectivity index (χ0n) is 4.17. The van der Waals surface area contributed by atoms with Crippen molar-refractivity contribution in [1.29, 1.82) is 0 Å². The van der Waals surface area contributed by atoms with Crippen molar-refractivity contribution in [1.82, 2.24) is 0 Å². The molecule has 0 bridgehead atoms. The molecule has 1 unspecified atom stereocenters. The maximum absolute atomic E-state index is 12.1. The SMILES string of the molecule is FC=C(F)C(F)(Br)CF. The van der Waals surface area contributed by atoms with Crippen molar-refractivity contribution in [3.05, 3.63) is 12.2 Å². The summed E-state index contributed by atoms with van der Waals surface area (Å²) in [4.78, 5) is 0. The highest BCUT2D eigenvalue weighted by atomic mass is 79.9. The quantitative estimate of drug-likeness (QED) is 0.482. The third-order valence-corrected chi connectivity index (χ3v) is 1.20. The van der Waals surface area contributed by atoms with Crippen LogP contribution >= 0.6 is 15.9 Å². The van der Waals surface area contributed by atoms with E-state index in [0.29, 0.717) is 0 Å². The lowest BCUT2D eigenvalue weighted by Gasteiger charge is -2.08. The fourth-order valence-electron chi connectivity index (χ4n) is 0.144. The Morgan fingerprint density at radius 1 is 1.67 bits per heavy atom. The lowest BCUT2D eigenvalue weighted by atomic mass is 10.4. The number of halogens is 5. The lowest BCUT2D eigenvalue weighted by molar-refractivity contribution is 0.231. The molecule has 0 spiro atoms. The fourth-order valence-corrected chi connectivity index (χ4v) is 0.230. The monoisotopic (exact) mass is 206 g/mol. The van der Waals surface area contributed by atoms with E-state index in [1.165, 1.54) is 0 Å². The molecular weight excluding hydrogens is 204 g/mol. The molecule has 0 N–H and O–H groups in total. The maximum Gasteiger partial charge on any atom is 0.246 e. The van der Waals surface area contributed by atoms with Crippen LogP contribution in [0.25, 0.3) is 0 Å². The number of allylic oxidation sites excluding steroid dienone is 1. The Balaban J connectivity index is 4.14. The van der Waals surface area contributed by atoms with Crippen LogP contribution in [0.1, 0.15) is 0 Å². The molecule has 0 amide bonds. The Hall–Kier alpha value is -0.0600. The fraction of sp³-hybridized carbons (Fsp3) is 0.500. The summed E-state index contributed by atoms with van der Waals surface area (Å²) in [6.07, 6.45) is -0.631. The van der Waals surface area contributed by atoms with Crippen molar-refractivity contribution in [2.24, 2.45) is 0 Å². The maximum atomic E-state index is 12.1. The highest BCUT2D eigenvalue weighted by Crippen LogP contribution is 2.30. The molecule has 0 rings (SSSR count). The van der Waals surface area contributed by atoms with Crippen LogP contribution in [0, 0.1) is 0 Å². The van der Waals surface area contributed by atoms with Gasteiger partial charge in [0.15, 0.2) is 5.83 Å². The van der Waals surface area contributed by atoms with Crippen LogP contribution in [0.15, 0.2) is 12.2 Å². The predicted octanol–water partition coefficient (Wildman–Crippen LogP) is 2.80. The minimum absolute atomic E-state index is 0.631. The van der Waals surface area contributed by atoms with E-state index in [1.54, 1.807) is 0 Å². The molecule has 0 aromatic rings. The smallest absolute Gasteiger partial charge is 0.246 e. The predicted molar refractivity (Wildman–Crippen MR) is 29.0 cm³/mol. The highest BCUT2D eigenvalue weighted by molar-refractivity contribution is 9.10. The van der Waals surface area contributed by atoms with E-state index in [-0.39, 0.29) is 0 Å². The van der Waals surface area contributed by atoms with Gasteiger partial charge in [0.1, 0.15) is 13.0 Å². The van der Waals surface area contributed by atoms with Gasteiger partial charge in [0, 0.05) is 0 Å². The van der Waals surface area contributed by atoms with Gasteiger partial charge in [-0.1, -0.05) is 0 Å². The van der Waals surface area contributed by atoms with Crippen LogP contribution in [-0.4, -0.2) is 11.3 Å². The molecule has 0 aliphatic rings. The minimum Gasteiger partial charge on any atom is -0.246 e. The highest BCUT2D eigenvalue weighted by Gasteiger charge is 2.32. The van der Waals surface area contributed by atoms with Crippen molar-refractivity contribution in [2.75, 3.05) is 6.67 Å². The summed E-state index contributed by atoms with van der Waals surface area (Å²) in [7, 11) is 0. The molecule has 0 nitrogen and oxygen atoms in total. The molecule has 0 radical (unpaired) electrons. The Labute approximate surface area is 57.7 Å². The number of alkyl halides is 3. The summed E-state index contributed by atoms with van der Waals surface area (Å²) < 4.78 is 43.3. The molecule has 0 aromatic carbocycles. The lowest BCUT2D eigenvalue weighted by Crippen LogP contribution is -2.16. The van der Waals surface area contributed by atoms with E-state index >= 15 is 0 Å². The Morgan fingerprint density at radius 3 is 2.22 bits per heavy atom. The van der Waals surface area contributed by atoms with E-state index in [1.807, 2.05) is 15.9 Å². The second kappa shape index (κ2) is 3.20. The first-order valence-electron chi connectivity index (χ1n) is 1.94. The number of hydrogen-bond acceptors (Lipinski definition) is 0. The first-order chi connectivity index (χ1) is 4.04. The van der Waals surface area contributed by atoms with Crippen LogP contribution in [0.5, 0.6) is 0 Å². The van der Waals surface area contributed by atoms with Gasteiger partial charge in [-0.2, -0.15) is 0 Å². The van der Waals surface area contributed by atoms with E-state index in [4.69, 9.17) is 0 Å². The van der Waals surface area contributed by atoms with Crippen LogP contribution in [0.3, 0.4) is 0 Å². The van der Waals surface area contributed by atoms with Crippen molar-refractivity contribution in [3.63, 3.8) is 0 Å². The van der Waals surface area contributed by atoms with Crippen molar-refractivity contribution < 1.29 is 17.6 Å². The minimum atomic E-state index is -2.98. The summed E-state index contributed by atoms with van der Waals surface area (Å²) >= 11 is 1.98. The van der Waals surface area contributed by atoms with Crippen LogP contribution in [0.2, 0.25) is 0 Å². The molecular formula is C4H3BrF4. The normalized spacial score (nSPS) is 19.4. The molecule has 5 heteroatoms. The first kappa shape index (κ1) is 8.94. The molecule has 0 saturated carbocycles. The average Bonchev–Trinajstić information content (AvgIpc) is 1.86. The summed E-state index contributed by atoms with van der Waals surface area (Å²) in [6, 6.07) is 0. The van der Waals surface area contributed by atoms with E-state index in [9.17, 15) is 17.6 Å². The molecule has 54 valence electrons. The summed E-state index contributed by atoms with van der Waals surface area (Å²) in [5.74, 6) is -1.80. The zero-order chi connectivity index (χ0) is 7.49. The second-order valence-electron chi connectivity index (χ2n) is 1.30. The van der Waals surface area contributed by atoms with E-state index in [0.717, 1.165) is 0 Å². The molecule has 1 atom stereocenters. The summed E-state index contributed by atoms with van der Waals surface area (Å²) in [5, 5.41) is 0. The second-order valence-corrected chi connectivity index (χ2v) is 2.55. The van der Waals surface area contributed by atoms with Crippen LogP contribution < -0.4 is 0 Å². The van der Waals surface area contributed by atoms with Gasteiger partial charge in [-0.05, 0) is 15.9 Å². The Bertz CT molecular complexity index is 120. The van der Waals surface area contributed by atoms with Gasteiger partial charge in [-0.3, -0.25) is 0 Å². The van der Waals surface area contributed by atoms with Gasteiger partial charge in [0.05, 0.1) is 0 Å². The summed E-state index contributed by atoms with van der Waals surface area (Å²) in [5.41, 5.74) is 0. The standard InChI is InChI=1S/C4H3BrF4/c5-4(9,2-7)3(8)1-6/h1H,2H2. The van der Waals surface area contributed by atoms with Crippen molar-refractivity contribution in [3.8, 4) is 0 Å². The topological polar surface area (TPSA) is 0 Å². The van der Waals surface area contributed by atoms with Gasteiger partial charge in [-0.25, -0.2) is 17.6 Å². The van der Waals surface area contributed by atoms with Crippen LogP contribution in [-0.2, 0) is 0 Å². The van der Waals surface area contributed by atoms with Gasteiger partial charge >= 0.3 is 0 Å². The average molecular weight is 207 g/mol. The zero-order valence-corrected chi connectivity index (χ0v) is 5.76.